The van der Waals surface area contributed by atoms with Gasteiger partial charge in [0, 0.05) is 6.08 Å². The van der Waals surface area contributed by atoms with Gasteiger partial charge in [0.05, 0.1) is 36.1 Å². The Morgan fingerprint density at radius 2 is 1.97 bits per heavy atom. The molecule has 2 aromatic heterocycles. The maximum Gasteiger partial charge on any atom is 0.338 e. The topological polar surface area (TPSA) is 92.3 Å². The number of aryl methyl sites for hydroxylation is 1. The number of methoxy groups -OCH3 is 2. The lowest BCUT2D eigenvalue weighted by Gasteiger charge is -2.25. The van der Waals surface area contributed by atoms with E-state index >= 15 is 0 Å². The smallest absolute Gasteiger partial charge is 0.338 e. The number of furan rings is 1. The molecule has 0 N–H and O–H groups in total. The third-order valence-electron chi connectivity index (χ3n) is 5.33. The Bertz CT molecular complexity index is 1470. The molecule has 1 aliphatic heterocycles. The second kappa shape index (κ2) is 9.56. The number of aromatic nitrogens is 1. The van der Waals surface area contributed by atoms with Crippen LogP contribution in [-0.2, 0) is 9.53 Å². The van der Waals surface area contributed by atoms with Gasteiger partial charge < -0.3 is 18.6 Å². The molecule has 4 rings (SSSR count). The van der Waals surface area contributed by atoms with Gasteiger partial charge in [0.25, 0.3) is 5.56 Å². The summed E-state index contributed by atoms with van der Waals surface area (Å²) in [5.41, 5.74) is 1.09. The maximum atomic E-state index is 13.6. The van der Waals surface area contributed by atoms with Crippen LogP contribution in [-0.4, -0.2) is 31.4 Å². The quantitative estimate of drug-likeness (QED) is 0.381. The Hall–Kier alpha value is -3.85. The summed E-state index contributed by atoms with van der Waals surface area (Å²) in [5, 5.41) is 0. The van der Waals surface area contributed by atoms with E-state index in [4.69, 9.17) is 18.6 Å². The van der Waals surface area contributed by atoms with Crippen LogP contribution < -0.4 is 24.4 Å². The molecule has 8 nitrogen and oxygen atoms in total. The zero-order chi connectivity index (χ0) is 24.4. The van der Waals surface area contributed by atoms with Gasteiger partial charge >= 0.3 is 5.97 Å². The average molecular weight is 481 g/mol. The third kappa shape index (κ3) is 4.22. The van der Waals surface area contributed by atoms with Gasteiger partial charge in [-0.3, -0.25) is 9.36 Å². The molecular weight excluding hydrogens is 456 g/mol. The molecule has 1 aliphatic rings. The summed E-state index contributed by atoms with van der Waals surface area (Å²) >= 11 is 1.23. The van der Waals surface area contributed by atoms with Gasteiger partial charge in [-0.2, -0.15) is 0 Å². The number of hydrogen-bond acceptors (Lipinski definition) is 8. The highest BCUT2D eigenvalue weighted by Gasteiger charge is 2.34. The van der Waals surface area contributed by atoms with Crippen LogP contribution in [0.5, 0.6) is 11.5 Å². The van der Waals surface area contributed by atoms with Crippen molar-refractivity contribution >= 4 is 23.4 Å². The predicted octanol–water partition coefficient (Wildman–Crippen LogP) is 2.88. The molecule has 0 unspecified atom stereocenters. The molecule has 0 fully saturated rings. The Labute approximate surface area is 199 Å². The van der Waals surface area contributed by atoms with Crippen molar-refractivity contribution in [3.05, 3.63) is 91.0 Å². The number of allylic oxidation sites excluding steroid dienone is 1. The van der Waals surface area contributed by atoms with E-state index in [1.165, 1.54) is 29.1 Å². The number of nitrogens with zero attached hydrogens (tertiary/aromatic N) is 2. The molecule has 34 heavy (non-hydrogen) atoms. The molecule has 0 saturated heterocycles. The molecule has 176 valence electrons. The van der Waals surface area contributed by atoms with Crippen molar-refractivity contribution in [3.8, 4) is 11.5 Å². The Kier molecular flexibility index (Phi) is 6.56. The summed E-state index contributed by atoms with van der Waals surface area (Å²) in [6.45, 7) is 7.20. The summed E-state index contributed by atoms with van der Waals surface area (Å²) in [5.74, 6) is 1.74. The number of benzene rings is 1. The van der Waals surface area contributed by atoms with Crippen molar-refractivity contribution in [1.82, 2.24) is 4.57 Å². The zero-order valence-corrected chi connectivity index (χ0v) is 20.1. The number of rotatable bonds is 7. The monoisotopic (exact) mass is 480 g/mol. The number of carbonyl (C=O) groups excluding carboxylic acids is 1. The van der Waals surface area contributed by atoms with Crippen molar-refractivity contribution in [2.45, 2.75) is 19.9 Å². The van der Waals surface area contributed by atoms with E-state index in [0.29, 0.717) is 37.9 Å². The van der Waals surface area contributed by atoms with Crippen LogP contribution in [0.15, 0.2) is 68.5 Å². The number of carbonyl (C=O) groups is 1. The van der Waals surface area contributed by atoms with E-state index in [9.17, 15) is 9.59 Å². The van der Waals surface area contributed by atoms with Crippen LogP contribution in [0.1, 0.15) is 30.0 Å². The van der Waals surface area contributed by atoms with Gasteiger partial charge in [0.15, 0.2) is 16.3 Å². The highest BCUT2D eigenvalue weighted by atomic mass is 32.1. The molecular formula is C25H24N2O6S. The minimum atomic E-state index is -0.770. The fraction of sp³-hybridized carbons (Fsp3) is 0.240. The first-order valence-electron chi connectivity index (χ1n) is 10.5. The Morgan fingerprint density at radius 1 is 1.21 bits per heavy atom. The second-order valence-electron chi connectivity index (χ2n) is 7.53. The lowest BCUT2D eigenvalue weighted by atomic mass is 9.95. The van der Waals surface area contributed by atoms with Crippen LogP contribution in [0.2, 0.25) is 0 Å². The molecule has 3 aromatic rings. The van der Waals surface area contributed by atoms with Crippen molar-refractivity contribution in [2.75, 3.05) is 20.8 Å². The van der Waals surface area contributed by atoms with Crippen molar-refractivity contribution in [1.29, 1.82) is 0 Å². The minimum Gasteiger partial charge on any atom is -0.493 e. The Balaban J connectivity index is 1.96. The van der Waals surface area contributed by atoms with Gasteiger partial charge in [-0.05, 0) is 43.7 Å². The van der Waals surface area contributed by atoms with Crippen LogP contribution in [0.3, 0.4) is 0 Å². The second-order valence-corrected chi connectivity index (χ2v) is 8.54. The van der Waals surface area contributed by atoms with Crippen LogP contribution in [0.4, 0.5) is 0 Å². The highest BCUT2D eigenvalue weighted by Crippen LogP contribution is 2.36. The summed E-state index contributed by atoms with van der Waals surface area (Å²) in [4.78, 5) is 31.7. The molecule has 1 aromatic carbocycles. The molecule has 1 atom stereocenters. The van der Waals surface area contributed by atoms with Crippen LogP contribution in [0.25, 0.3) is 6.08 Å². The van der Waals surface area contributed by atoms with Crippen LogP contribution >= 0.6 is 11.3 Å². The number of thiazole rings is 1. The van der Waals surface area contributed by atoms with Gasteiger partial charge in [-0.15, -0.1) is 0 Å². The number of fused-ring (bicyclic) bond motifs is 1. The van der Waals surface area contributed by atoms with E-state index in [-0.39, 0.29) is 17.7 Å². The minimum absolute atomic E-state index is 0.0382. The highest BCUT2D eigenvalue weighted by molar-refractivity contribution is 7.07. The van der Waals surface area contributed by atoms with Crippen LogP contribution in [0, 0.1) is 6.92 Å². The maximum absolute atomic E-state index is 13.6. The first-order valence-corrected chi connectivity index (χ1v) is 11.3. The lowest BCUT2D eigenvalue weighted by molar-refractivity contribution is -0.138. The molecule has 0 bridgehead atoms. The SMILES string of the molecule is C=CCOC(=O)C1=C(C)N=c2s/c(=C\c3ccc(C)o3)c(=O)n2[C@@H]1c1ccc(OC)c(OC)c1. The van der Waals surface area contributed by atoms with Crippen molar-refractivity contribution in [2.24, 2.45) is 4.99 Å². The molecule has 0 saturated carbocycles. The van der Waals surface area contributed by atoms with Crippen molar-refractivity contribution in [3.63, 3.8) is 0 Å². The molecule has 0 amide bonds. The molecule has 3 heterocycles. The predicted molar refractivity (Wildman–Crippen MR) is 128 cm³/mol. The lowest BCUT2D eigenvalue weighted by Crippen LogP contribution is -2.40. The van der Waals surface area contributed by atoms with Gasteiger partial charge in [-0.25, -0.2) is 9.79 Å². The Morgan fingerprint density at radius 3 is 2.62 bits per heavy atom. The first kappa shape index (κ1) is 23.3. The van der Waals surface area contributed by atoms with E-state index in [1.54, 1.807) is 44.4 Å². The number of ether oxygens (including phenoxy) is 3. The summed E-state index contributed by atoms with van der Waals surface area (Å²) < 4.78 is 23.7. The molecule has 0 radical (unpaired) electrons. The standard InChI is InChI=1S/C25H24N2O6S/c1-6-11-32-24(29)21-15(3)26-25-27(22(21)16-8-10-18(30-4)19(12-16)31-5)23(28)20(34-25)13-17-9-7-14(2)33-17/h6-10,12-13,22H,1,11H2,2-5H3/b20-13-/t22-/m1/s1. The van der Waals surface area contributed by atoms with E-state index < -0.39 is 12.0 Å². The number of hydrogen-bond donors (Lipinski definition) is 0. The fourth-order valence-electron chi connectivity index (χ4n) is 3.79. The normalized spacial score (nSPS) is 15.5. The van der Waals surface area contributed by atoms with E-state index in [1.807, 2.05) is 13.0 Å². The van der Waals surface area contributed by atoms with Crippen molar-refractivity contribution < 1.29 is 23.4 Å². The average Bonchev–Trinajstić information content (AvgIpc) is 3.38. The number of esters is 1. The molecule has 0 spiro atoms. The fourth-order valence-corrected chi connectivity index (χ4v) is 4.82. The van der Waals surface area contributed by atoms with Gasteiger partial charge in [0.2, 0.25) is 0 Å². The summed E-state index contributed by atoms with van der Waals surface area (Å²) in [6, 6.07) is 8.12. The zero-order valence-electron chi connectivity index (χ0n) is 19.3. The largest absolute Gasteiger partial charge is 0.493 e. The van der Waals surface area contributed by atoms with E-state index in [2.05, 4.69) is 11.6 Å². The molecule has 9 heteroatoms. The summed E-state index contributed by atoms with van der Waals surface area (Å²) in [6.07, 6.45) is 3.16. The third-order valence-corrected chi connectivity index (χ3v) is 6.31. The van der Waals surface area contributed by atoms with Gasteiger partial charge in [0.1, 0.15) is 18.1 Å². The molecule has 0 aliphatic carbocycles. The summed E-state index contributed by atoms with van der Waals surface area (Å²) in [7, 11) is 3.07. The van der Waals surface area contributed by atoms with Gasteiger partial charge in [-0.1, -0.05) is 30.1 Å². The van der Waals surface area contributed by atoms with E-state index in [0.717, 1.165) is 5.76 Å². The first-order chi connectivity index (χ1) is 16.4.